The van der Waals surface area contributed by atoms with Crippen molar-refractivity contribution in [2.45, 2.75) is 25.4 Å². The summed E-state index contributed by atoms with van der Waals surface area (Å²) in [6.45, 7) is 0. The van der Waals surface area contributed by atoms with E-state index in [0.29, 0.717) is 11.1 Å². The maximum atomic E-state index is 12.5. The Bertz CT molecular complexity index is 688. The number of hydrogen-bond acceptors (Lipinski definition) is 2. The predicted octanol–water partition coefficient (Wildman–Crippen LogP) is 3.53. The Labute approximate surface area is 148 Å². The molecule has 4 heteroatoms. The van der Waals surface area contributed by atoms with E-state index in [1.165, 1.54) is 0 Å². The molecule has 0 unspecified atom stereocenters. The van der Waals surface area contributed by atoms with Crippen molar-refractivity contribution in [1.29, 1.82) is 0 Å². The summed E-state index contributed by atoms with van der Waals surface area (Å²) in [6.07, 6.45) is 6.60. The van der Waals surface area contributed by atoms with Crippen LogP contribution in [0.5, 0.6) is 0 Å². The van der Waals surface area contributed by atoms with Crippen molar-refractivity contribution in [2.75, 3.05) is 0 Å². The first-order valence-electron chi connectivity index (χ1n) is 8.61. The van der Waals surface area contributed by atoms with Crippen molar-refractivity contribution in [2.24, 2.45) is 5.92 Å². The van der Waals surface area contributed by atoms with Gasteiger partial charge in [0, 0.05) is 17.0 Å². The molecule has 1 aliphatic carbocycles. The summed E-state index contributed by atoms with van der Waals surface area (Å²) in [5, 5.41) is 6.00. The largest absolute Gasteiger partial charge is 0.332 e. The van der Waals surface area contributed by atoms with Crippen molar-refractivity contribution in [3.8, 4) is 0 Å². The highest BCUT2D eigenvalue weighted by Gasteiger charge is 2.25. The van der Waals surface area contributed by atoms with E-state index >= 15 is 0 Å². The van der Waals surface area contributed by atoms with E-state index in [4.69, 9.17) is 0 Å². The second kappa shape index (κ2) is 8.29. The molecule has 2 N–H and O–H groups in total. The number of allylic oxidation sites excluding steroid dienone is 2. The Morgan fingerprint density at radius 1 is 0.800 bits per heavy atom. The van der Waals surface area contributed by atoms with E-state index in [-0.39, 0.29) is 17.7 Å². The molecule has 1 aliphatic rings. The van der Waals surface area contributed by atoms with Crippen LogP contribution in [0.1, 0.15) is 40.0 Å². The van der Waals surface area contributed by atoms with Crippen LogP contribution < -0.4 is 10.6 Å². The number of carbonyl (C=O) groups is 2. The van der Waals surface area contributed by atoms with E-state index < -0.39 is 6.17 Å². The maximum absolute atomic E-state index is 12.5. The molecule has 0 aromatic heterocycles. The second-order valence-electron chi connectivity index (χ2n) is 6.20. The highest BCUT2D eigenvalue weighted by molar-refractivity contribution is 5.96. The Kier molecular flexibility index (Phi) is 5.62. The van der Waals surface area contributed by atoms with Gasteiger partial charge in [-0.15, -0.1) is 0 Å². The molecule has 0 bridgehead atoms. The highest BCUT2D eigenvalue weighted by atomic mass is 16.2. The fourth-order valence-corrected chi connectivity index (χ4v) is 3.02. The van der Waals surface area contributed by atoms with E-state index in [2.05, 4.69) is 22.8 Å². The average Bonchev–Trinajstić information content (AvgIpc) is 2.69. The average molecular weight is 334 g/mol. The first kappa shape index (κ1) is 17.0. The van der Waals surface area contributed by atoms with Gasteiger partial charge in [0.05, 0.1) is 0 Å². The molecule has 0 radical (unpaired) electrons. The van der Waals surface area contributed by atoms with Gasteiger partial charge in [0.2, 0.25) is 0 Å². The molecule has 2 amide bonds. The van der Waals surface area contributed by atoms with Crippen molar-refractivity contribution in [1.82, 2.24) is 10.6 Å². The molecule has 2 aromatic carbocycles. The molecule has 128 valence electrons. The summed E-state index contributed by atoms with van der Waals surface area (Å²) in [5.41, 5.74) is 1.18. The Morgan fingerprint density at radius 3 is 1.76 bits per heavy atom. The van der Waals surface area contributed by atoms with Gasteiger partial charge in [-0.05, 0) is 43.5 Å². The van der Waals surface area contributed by atoms with E-state index in [1.54, 1.807) is 24.3 Å². The number of hydrogen-bond donors (Lipinski definition) is 2. The van der Waals surface area contributed by atoms with Gasteiger partial charge in [0.25, 0.3) is 11.8 Å². The van der Waals surface area contributed by atoms with E-state index in [9.17, 15) is 9.59 Å². The van der Waals surface area contributed by atoms with E-state index in [0.717, 1.165) is 19.3 Å². The predicted molar refractivity (Wildman–Crippen MR) is 98.1 cm³/mol. The molecule has 0 heterocycles. The zero-order valence-corrected chi connectivity index (χ0v) is 14.0. The van der Waals surface area contributed by atoms with Crippen molar-refractivity contribution >= 4 is 11.8 Å². The van der Waals surface area contributed by atoms with Crippen molar-refractivity contribution in [3.63, 3.8) is 0 Å². The Balaban J connectivity index is 1.74. The first-order chi connectivity index (χ1) is 12.2. The maximum Gasteiger partial charge on any atom is 0.252 e. The van der Waals surface area contributed by atoms with Gasteiger partial charge in [0.15, 0.2) is 0 Å². The third-order valence-corrected chi connectivity index (χ3v) is 4.43. The van der Waals surface area contributed by atoms with Gasteiger partial charge in [-0.2, -0.15) is 0 Å². The fourth-order valence-electron chi connectivity index (χ4n) is 3.02. The summed E-state index contributed by atoms with van der Waals surface area (Å²) < 4.78 is 0. The van der Waals surface area contributed by atoms with E-state index in [1.807, 2.05) is 36.4 Å². The summed E-state index contributed by atoms with van der Waals surface area (Å²) >= 11 is 0. The summed E-state index contributed by atoms with van der Waals surface area (Å²) in [6, 6.07) is 18.1. The smallest absolute Gasteiger partial charge is 0.252 e. The lowest BCUT2D eigenvalue weighted by molar-refractivity contribution is 0.0848. The zero-order chi connectivity index (χ0) is 17.5. The van der Waals surface area contributed by atoms with Crippen LogP contribution in [0.15, 0.2) is 72.8 Å². The SMILES string of the molecule is O=C(NC(NC(=O)c1ccccc1)[C@@H]1CC=CCC1)c1ccccc1. The Hall–Kier alpha value is -2.88. The van der Waals surface area contributed by atoms with Crippen LogP contribution in [0.25, 0.3) is 0 Å². The molecule has 3 rings (SSSR count). The quantitative estimate of drug-likeness (QED) is 0.649. The van der Waals surface area contributed by atoms with Gasteiger partial charge in [-0.3, -0.25) is 9.59 Å². The monoisotopic (exact) mass is 334 g/mol. The molecule has 0 saturated carbocycles. The molecule has 0 aliphatic heterocycles. The van der Waals surface area contributed by atoms with Crippen LogP contribution in [-0.4, -0.2) is 18.0 Å². The minimum atomic E-state index is -0.398. The van der Waals surface area contributed by atoms with Gasteiger partial charge in [0.1, 0.15) is 6.17 Å². The standard InChI is InChI=1S/C21H22N2O2/c24-20(17-12-6-2-7-13-17)22-19(16-10-4-1-5-11-16)23-21(25)18-14-8-3-9-15-18/h1-4,6-9,12-16,19H,5,10-11H2,(H,22,24)(H,23,25)/t16-/m1/s1. The molecule has 0 spiro atoms. The first-order valence-corrected chi connectivity index (χ1v) is 8.61. The molecule has 0 fully saturated rings. The highest BCUT2D eigenvalue weighted by Crippen LogP contribution is 2.21. The number of amides is 2. The zero-order valence-electron chi connectivity index (χ0n) is 14.0. The lowest BCUT2D eigenvalue weighted by Gasteiger charge is -2.29. The van der Waals surface area contributed by atoms with Crippen LogP contribution >= 0.6 is 0 Å². The molecular formula is C21H22N2O2. The summed E-state index contributed by atoms with van der Waals surface area (Å²) in [7, 11) is 0. The molecular weight excluding hydrogens is 312 g/mol. The van der Waals surface area contributed by atoms with Crippen LogP contribution in [-0.2, 0) is 0 Å². The lowest BCUT2D eigenvalue weighted by Crippen LogP contribution is -2.52. The number of benzene rings is 2. The number of rotatable bonds is 5. The molecule has 4 nitrogen and oxygen atoms in total. The van der Waals surface area contributed by atoms with Gasteiger partial charge in [-0.25, -0.2) is 0 Å². The van der Waals surface area contributed by atoms with Crippen molar-refractivity contribution in [3.05, 3.63) is 83.9 Å². The van der Waals surface area contributed by atoms with Crippen LogP contribution in [0.2, 0.25) is 0 Å². The molecule has 0 saturated heterocycles. The minimum Gasteiger partial charge on any atom is -0.332 e. The third kappa shape index (κ3) is 4.57. The number of nitrogens with one attached hydrogen (secondary N) is 2. The molecule has 25 heavy (non-hydrogen) atoms. The topological polar surface area (TPSA) is 58.2 Å². The summed E-state index contributed by atoms with van der Waals surface area (Å²) in [5.74, 6) is -0.160. The van der Waals surface area contributed by atoms with Gasteiger partial charge < -0.3 is 10.6 Å². The van der Waals surface area contributed by atoms with Crippen LogP contribution in [0.4, 0.5) is 0 Å². The van der Waals surface area contributed by atoms with Crippen LogP contribution in [0.3, 0.4) is 0 Å². The Morgan fingerprint density at radius 2 is 1.32 bits per heavy atom. The van der Waals surface area contributed by atoms with Gasteiger partial charge in [-0.1, -0.05) is 48.6 Å². The minimum absolute atomic E-state index is 0.173. The third-order valence-electron chi connectivity index (χ3n) is 4.43. The molecule has 2 aromatic rings. The fraction of sp³-hybridized carbons (Fsp3) is 0.238. The van der Waals surface area contributed by atoms with Crippen LogP contribution in [0, 0.1) is 5.92 Å². The van der Waals surface area contributed by atoms with Crippen molar-refractivity contribution < 1.29 is 9.59 Å². The molecule has 1 atom stereocenters. The lowest BCUT2D eigenvalue weighted by atomic mass is 9.91. The number of carbonyl (C=O) groups excluding carboxylic acids is 2. The second-order valence-corrected chi connectivity index (χ2v) is 6.20. The van der Waals surface area contributed by atoms with Gasteiger partial charge >= 0.3 is 0 Å². The summed E-state index contributed by atoms with van der Waals surface area (Å²) in [4.78, 5) is 25.1. The normalized spacial score (nSPS) is 16.4.